The second kappa shape index (κ2) is 12.6. The summed E-state index contributed by atoms with van der Waals surface area (Å²) in [5.41, 5.74) is 0.199. The lowest BCUT2D eigenvalue weighted by Gasteiger charge is -2.33. The summed E-state index contributed by atoms with van der Waals surface area (Å²) in [7, 11) is -4.20. The molecule has 0 aliphatic rings. The van der Waals surface area contributed by atoms with Gasteiger partial charge in [-0.15, -0.1) is 0 Å². The Kier molecular flexibility index (Phi) is 9.93. The first kappa shape index (κ1) is 30.8. The molecule has 0 fully saturated rings. The fourth-order valence-electron chi connectivity index (χ4n) is 3.78. The summed E-state index contributed by atoms with van der Waals surface area (Å²) < 4.78 is 28.5. The Morgan fingerprint density at radius 2 is 1.49 bits per heavy atom. The maximum Gasteiger partial charge on any atom is 0.264 e. The summed E-state index contributed by atoms with van der Waals surface area (Å²) in [6.07, 6.45) is 0. The number of hydrogen-bond acceptors (Lipinski definition) is 4. The third kappa shape index (κ3) is 7.88. The van der Waals surface area contributed by atoms with Crippen molar-refractivity contribution in [2.75, 3.05) is 10.8 Å². The molecular weight excluding hydrogens is 581 g/mol. The van der Waals surface area contributed by atoms with Gasteiger partial charge < -0.3 is 10.2 Å². The molecule has 3 aromatic rings. The van der Waals surface area contributed by atoms with Gasteiger partial charge in [0.15, 0.2) is 0 Å². The van der Waals surface area contributed by atoms with E-state index < -0.39 is 40.0 Å². The number of benzene rings is 3. The highest BCUT2D eigenvalue weighted by Crippen LogP contribution is 2.31. The Bertz CT molecular complexity index is 1440. The van der Waals surface area contributed by atoms with E-state index in [1.807, 2.05) is 20.8 Å². The molecule has 1 atom stereocenters. The highest BCUT2D eigenvalue weighted by Gasteiger charge is 2.34. The summed E-state index contributed by atoms with van der Waals surface area (Å²) in [6, 6.07) is 18.1. The second-order valence-electron chi connectivity index (χ2n) is 9.96. The van der Waals surface area contributed by atoms with E-state index >= 15 is 0 Å². The van der Waals surface area contributed by atoms with Crippen LogP contribution in [0.2, 0.25) is 15.1 Å². The average Bonchev–Trinajstić information content (AvgIpc) is 2.87. The average molecular weight is 611 g/mol. The van der Waals surface area contributed by atoms with Crippen molar-refractivity contribution in [3.05, 3.63) is 93.4 Å². The molecule has 0 aromatic heterocycles. The minimum atomic E-state index is -4.20. The molecule has 0 heterocycles. The van der Waals surface area contributed by atoms with Gasteiger partial charge in [-0.1, -0.05) is 71.2 Å². The van der Waals surface area contributed by atoms with E-state index in [9.17, 15) is 18.0 Å². The smallest absolute Gasteiger partial charge is 0.264 e. The zero-order chi connectivity index (χ0) is 29.0. The van der Waals surface area contributed by atoms with Crippen molar-refractivity contribution in [1.82, 2.24) is 10.2 Å². The van der Waals surface area contributed by atoms with Crippen LogP contribution in [0.25, 0.3) is 0 Å². The third-order valence-electron chi connectivity index (χ3n) is 5.73. The fourth-order valence-corrected chi connectivity index (χ4v) is 5.84. The molecule has 0 aliphatic carbocycles. The lowest BCUT2D eigenvalue weighted by atomic mass is 10.1. The van der Waals surface area contributed by atoms with E-state index in [0.29, 0.717) is 10.6 Å². The molecule has 0 saturated heterocycles. The van der Waals surface area contributed by atoms with Crippen LogP contribution in [0.1, 0.15) is 33.3 Å². The van der Waals surface area contributed by atoms with Gasteiger partial charge in [0.25, 0.3) is 10.0 Å². The number of hydrogen-bond donors (Lipinski definition) is 1. The van der Waals surface area contributed by atoms with Crippen LogP contribution >= 0.6 is 34.8 Å². The molecule has 208 valence electrons. The number of nitrogens with zero attached hydrogens (tertiary/aromatic N) is 2. The topological polar surface area (TPSA) is 86.8 Å². The molecule has 11 heteroatoms. The molecule has 1 N–H and O–H groups in total. The highest BCUT2D eigenvalue weighted by atomic mass is 35.5. The maximum atomic E-state index is 13.9. The molecule has 2 amide bonds. The number of nitrogens with one attached hydrogen (secondary N) is 1. The normalized spacial score (nSPS) is 12.5. The second-order valence-corrected chi connectivity index (χ2v) is 13.0. The number of carbonyl (C=O) groups excluding carboxylic acids is 2. The van der Waals surface area contributed by atoms with Crippen molar-refractivity contribution in [1.29, 1.82) is 0 Å². The van der Waals surface area contributed by atoms with Crippen LogP contribution in [-0.4, -0.2) is 43.3 Å². The molecular formula is C28H30Cl3N3O4S. The van der Waals surface area contributed by atoms with Crippen molar-refractivity contribution in [3.8, 4) is 0 Å². The fraction of sp³-hybridized carbons (Fsp3) is 0.286. The van der Waals surface area contributed by atoms with E-state index in [4.69, 9.17) is 34.8 Å². The van der Waals surface area contributed by atoms with E-state index in [-0.39, 0.29) is 27.2 Å². The van der Waals surface area contributed by atoms with Crippen molar-refractivity contribution < 1.29 is 18.0 Å². The molecule has 3 aromatic carbocycles. The number of rotatable bonds is 9. The van der Waals surface area contributed by atoms with Crippen LogP contribution in [0.5, 0.6) is 0 Å². The minimum absolute atomic E-state index is 0.00715. The molecule has 0 radical (unpaired) electrons. The molecule has 0 bridgehead atoms. The quantitative estimate of drug-likeness (QED) is 0.314. The molecule has 39 heavy (non-hydrogen) atoms. The van der Waals surface area contributed by atoms with Gasteiger partial charge in [-0.05, 0) is 69.7 Å². The Morgan fingerprint density at radius 1 is 0.872 bits per heavy atom. The molecule has 7 nitrogen and oxygen atoms in total. The first-order chi connectivity index (χ1) is 18.2. The molecule has 0 saturated carbocycles. The van der Waals surface area contributed by atoms with Gasteiger partial charge >= 0.3 is 0 Å². The number of anilines is 1. The van der Waals surface area contributed by atoms with Crippen LogP contribution in [-0.2, 0) is 26.2 Å². The van der Waals surface area contributed by atoms with E-state index in [1.54, 1.807) is 61.5 Å². The van der Waals surface area contributed by atoms with Gasteiger partial charge in [-0.25, -0.2) is 8.42 Å². The van der Waals surface area contributed by atoms with Crippen molar-refractivity contribution >= 4 is 62.3 Å². The number of halogens is 3. The number of sulfonamides is 1. The van der Waals surface area contributed by atoms with Crippen LogP contribution in [0.4, 0.5) is 5.69 Å². The van der Waals surface area contributed by atoms with E-state index in [1.165, 1.54) is 23.1 Å². The third-order valence-corrected chi connectivity index (χ3v) is 8.57. The van der Waals surface area contributed by atoms with Crippen molar-refractivity contribution in [2.45, 2.75) is 50.7 Å². The first-order valence-corrected chi connectivity index (χ1v) is 14.7. The number of para-hydroxylation sites is 1. The maximum absolute atomic E-state index is 13.9. The van der Waals surface area contributed by atoms with E-state index in [2.05, 4.69) is 5.32 Å². The summed E-state index contributed by atoms with van der Waals surface area (Å²) in [4.78, 5) is 28.4. The SMILES string of the molecule is C[C@@H](C(=O)NC(C)(C)C)N(Cc1ccc(Cl)c(Cl)c1)C(=O)CN(c1ccccc1Cl)S(=O)(=O)c1ccccc1. The predicted molar refractivity (Wildman–Crippen MR) is 157 cm³/mol. The Labute approximate surface area is 244 Å². The summed E-state index contributed by atoms with van der Waals surface area (Å²) >= 11 is 18.7. The lowest BCUT2D eigenvalue weighted by molar-refractivity contribution is -0.140. The van der Waals surface area contributed by atoms with Gasteiger partial charge in [0.1, 0.15) is 12.6 Å². The van der Waals surface area contributed by atoms with Crippen molar-refractivity contribution in [3.63, 3.8) is 0 Å². The first-order valence-electron chi connectivity index (χ1n) is 12.1. The minimum Gasteiger partial charge on any atom is -0.350 e. The lowest BCUT2D eigenvalue weighted by Crippen LogP contribution is -2.54. The summed E-state index contributed by atoms with van der Waals surface area (Å²) in [5.74, 6) is -1.01. The molecule has 0 spiro atoms. The predicted octanol–water partition coefficient (Wildman–Crippen LogP) is 6.17. The number of carbonyl (C=O) groups is 2. The van der Waals surface area contributed by atoms with Gasteiger partial charge in [0.2, 0.25) is 11.8 Å². The van der Waals surface area contributed by atoms with Gasteiger partial charge in [-0.2, -0.15) is 0 Å². The monoisotopic (exact) mass is 609 g/mol. The summed E-state index contributed by atoms with van der Waals surface area (Å²) in [6.45, 7) is 6.45. The van der Waals surface area contributed by atoms with Crippen LogP contribution in [0, 0.1) is 0 Å². The van der Waals surface area contributed by atoms with Crippen LogP contribution in [0.3, 0.4) is 0 Å². The van der Waals surface area contributed by atoms with Crippen LogP contribution < -0.4 is 9.62 Å². The standard InChI is InChI=1S/C28H30Cl3N3O4S/c1-19(27(36)32-28(2,3)4)33(17-20-14-15-22(29)24(31)16-20)26(35)18-34(25-13-9-8-12-23(25)30)39(37,38)21-10-6-5-7-11-21/h5-16,19H,17-18H2,1-4H3,(H,32,36)/t19-/m0/s1. The highest BCUT2D eigenvalue weighted by molar-refractivity contribution is 7.92. The Morgan fingerprint density at radius 3 is 2.08 bits per heavy atom. The van der Waals surface area contributed by atoms with E-state index in [0.717, 1.165) is 4.31 Å². The largest absolute Gasteiger partial charge is 0.350 e. The van der Waals surface area contributed by atoms with Gasteiger partial charge in [0.05, 0.1) is 25.7 Å². The molecule has 0 unspecified atom stereocenters. The van der Waals surface area contributed by atoms with Gasteiger partial charge in [-0.3, -0.25) is 13.9 Å². The Hall–Kier alpha value is -2.78. The molecule has 3 rings (SSSR count). The number of amides is 2. The molecule has 0 aliphatic heterocycles. The van der Waals surface area contributed by atoms with Crippen molar-refractivity contribution in [2.24, 2.45) is 0 Å². The Balaban J connectivity index is 2.05. The zero-order valence-electron chi connectivity index (χ0n) is 22.0. The van der Waals surface area contributed by atoms with Gasteiger partial charge in [0, 0.05) is 12.1 Å². The zero-order valence-corrected chi connectivity index (χ0v) is 25.1. The van der Waals surface area contributed by atoms with Crippen LogP contribution in [0.15, 0.2) is 77.7 Å². The summed E-state index contributed by atoms with van der Waals surface area (Å²) in [5, 5.41) is 3.66.